The Balaban J connectivity index is 2.50. The highest BCUT2D eigenvalue weighted by Crippen LogP contribution is 2.30. The first-order valence-electron chi connectivity index (χ1n) is 4.91. The summed E-state index contributed by atoms with van der Waals surface area (Å²) >= 11 is 0. The van der Waals surface area contributed by atoms with E-state index in [4.69, 9.17) is 4.74 Å². The molecule has 1 atom stereocenters. The van der Waals surface area contributed by atoms with Gasteiger partial charge in [-0.1, -0.05) is 6.92 Å². The molecule has 0 spiro atoms. The van der Waals surface area contributed by atoms with Crippen LogP contribution in [0.2, 0.25) is 0 Å². The van der Waals surface area contributed by atoms with Crippen molar-refractivity contribution in [2.45, 2.75) is 32.9 Å². The van der Waals surface area contributed by atoms with Crippen molar-refractivity contribution in [1.82, 2.24) is 15.3 Å². The van der Waals surface area contributed by atoms with Crippen LogP contribution in [0.25, 0.3) is 0 Å². The maximum Gasteiger partial charge on any atom is 0.221 e. The van der Waals surface area contributed by atoms with Crippen molar-refractivity contribution in [3.8, 4) is 5.88 Å². The number of fused-ring (bicyclic) bond motifs is 1. The van der Waals surface area contributed by atoms with Gasteiger partial charge in [-0.05, 0) is 13.3 Å². The summed E-state index contributed by atoms with van der Waals surface area (Å²) in [5.74, 6) is 1.50. The van der Waals surface area contributed by atoms with Gasteiger partial charge in [0.2, 0.25) is 5.88 Å². The second kappa shape index (κ2) is 3.53. The van der Waals surface area contributed by atoms with Crippen LogP contribution in [0.5, 0.6) is 5.88 Å². The molecule has 2 rings (SSSR count). The maximum absolute atomic E-state index is 5.24. The van der Waals surface area contributed by atoms with Crippen LogP contribution in [-0.4, -0.2) is 17.1 Å². The van der Waals surface area contributed by atoms with Gasteiger partial charge in [-0.3, -0.25) is 0 Å². The van der Waals surface area contributed by atoms with Crippen LogP contribution in [0.1, 0.15) is 36.5 Å². The van der Waals surface area contributed by atoms with Crippen molar-refractivity contribution in [1.29, 1.82) is 0 Å². The van der Waals surface area contributed by atoms with Gasteiger partial charge in [0.1, 0.15) is 5.82 Å². The van der Waals surface area contributed by atoms with E-state index in [1.54, 1.807) is 7.11 Å². The molecule has 4 heteroatoms. The van der Waals surface area contributed by atoms with Crippen molar-refractivity contribution in [2.24, 2.45) is 0 Å². The van der Waals surface area contributed by atoms with E-state index >= 15 is 0 Å². The number of hydrogen-bond acceptors (Lipinski definition) is 4. The van der Waals surface area contributed by atoms with Crippen LogP contribution in [0.4, 0.5) is 0 Å². The zero-order chi connectivity index (χ0) is 10.1. The maximum atomic E-state index is 5.24. The van der Waals surface area contributed by atoms with Crippen molar-refractivity contribution < 1.29 is 4.74 Å². The first-order chi connectivity index (χ1) is 6.76. The average Bonchev–Trinajstić information content (AvgIpc) is 2.59. The SMILES string of the molecule is CCC1NCc2c(OC)nc(C)nc21. The summed E-state index contributed by atoms with van der Waals surface area (Å²) in [6, 6.07) is 0.362. The molecule has 14 heavy (non-hydrogen) atoms. The van der Waals surface area contributed by atoms with E-state index in [-0.39, 0.29) is 0 Å². The molecule has 0 fully saturated rings. The Morgan fingerprint density at radius 3 is 2.93 bits per heavy atom. The minimum atomic E-state index is 0.362. The van der Waals surface area contributed by atoms with Crippen molar-refractivity contribution in [3.05, 3.63) is 17.1 Å². The standard InChI is InChI=1S/C10H15N3O/c1-4-8-9-7(5-11-8)10(14-3)13-6(2)12-9/h8,11H,4-5H2,1-3H3. The molecule has 0 bridgehead atoms. The van der Waals surface area contributed by atoms with E-state index in [0.29, 0.717) is 6.04 Å². The fraction of sp³-hybridized carbons (Fsp3) is 0.600. The molecule has 0 radical (unpaired) electrons. The van der Waals surface area contributed by atoms with E-state index in [0.717, 1.165) is 35.9 Å². The zero-order valence-electron chi connectivity index (χ0n) is 8.79. The Morgan fingerprint density at radius 2 is 2.29 bits per heavy atom. The molecule has 1 aliphatic rings. The van der Waals surface area contributed by atoms with Crippen molar-refractivity contribution in [3.63, 3.8) is 0 Å². The number of methoxy groups -OCH3 is 1. The van der Waals surface area contributed by atoms with Gasteiger partial charge in [0.25, 0.3) is 0 Å². The number of ether oxygens (including phenoxy) is 1. The molecule has 1 aromatic rings. The molecule has 1 aromatic heterocycles. The van der Waals surface area contributed by atoms with Gasteiger partial charge in [0.05, 0.1) is 24.4 Å². The highest BCUT2D eigenvalue weighted by atomic mass is 16.5. The van der Waals surface area contributed by atoms with Gasteiger partial charge < -0.3 is 10.1 Å². The summed E-state index contributed by atoms with van der Waals surface area (Å²) < 4.78 is 5.24. The summed E-state index contributed by atoms with van der Waals surface area (Å²) in [7, 11) is 1.65. The lowest BCUT2D eigenvalue weighted by molar-refractivity contribution is 0.390. The average molecular weight is 193 g/mol. The number of aryl methyl sites for hydroxylation is 1. The minimum absolute atomic E-state index is 0.362. The second-order valence-corrected chi connectivity index (χ2v) is 3.49. The second-order valence-electron chi connectivity index (χ2n) is 3.49. The normalized spacial score (nSPS) is 19.5. The number of nitrogens with zero attached hydrogens (tertiary/aromatic N) is 2. The molecular weight excluding hydrogens is 178 g/mol. The molecule has 4 nitrogen and oxygen atoms in total. The van der Waals surface area contributed by atoms with E-state index in [2.05, 4.69) is 22.2 Å². The molecule has 2 heterocycles. The van der Waals surface area contributed by atoms with Crippen molar-refractivity contribution in [2.75, 3.05) is 7.11 Å². The lowest BCUT2D eigenvalue weighted by atomic mass is 10.1. The van der Waals surface area contributed by atoms with E-state index < -0.39 is 0 Å². The monoisotopic (exact) mass is 193 g/mol. The predicted molar refractivity (Wildman–Crippen MR) is 53.2 cm³/mol. The van der Waals surface area contributed by atoms with Gasteiger partial charge in [-0.15, -0.1) is 0 Å². The smallest absolute Gasteiger partial charge is 0.221 e. The Kier molecular flexibility index (Phi) is 2.37. The summed E-state index contributed by atoms with van der Waals surface area (Å²) in [5.41, 5.74) is 2.22. The summed E-state index contributed by atoms with van der Waals surface area (Å²) in [6.45, 7) is 4.86. The lowest BCUT2D eigenvalue weighted by Crippen LogP contribution is -2.11. The number of hydrogen-bond donors (Lipinski definition) is 1. The number of aromatic nitrogens is 2. The van der Waals surface area contributed by atoms with Crippen LogP contribution in [0.15, 0.2) is 0 Å². The fourth-order valence-corrected chi connectivity index (χ4v) is 1.87. The fourth-order valence-electron chi connectivity index (χ4n) is 1.87. The van der Waals surface area contributed by atoms with E-state index in [1.165, 1.54) is 0 Å². The van der Waals surface area contributed by atoms with Crippen LogP contribution in [-0.2, 0) is 6.54 Å². The van der Waals surface area contributed by atoms with Crippen LogP contribution in [0.3, 0.4) is 0 Å². The molecule has 0 aromatic carbocycles. The third kappa shape index (κ3) is 1.35. The van der Waals surface area contributed by atoms with Crippen molar-refractivity contribution >= 4 is 0 Å². The Hall–Kier alpha value is -1.16. The highest BCUT2D eigenvalue weighted by molar-refractivity contribution is 5.36. The van der Waals surface area contributed by atoms with Gasteiger partial charge in [-0.25, -0.2) is 4.98 Å². The molecule has 1 unspecified atom stereocenters. The molecule has 1 N–H and O–H groups in total. The zero-order valence-corrected chi connectivity index (χ0v) is 8.79. The quantitative estimate of drug-likeness (QED) is 0.770. The molecule has 0 aliphatic carbocycles. The van der Waals surface area contributed by atoms with Gasteiger partial charge in [0, 0.05) is 6.54 Å². The van der Waals surface area contributed by atoms with Crippen LogP contribution in [0, 0.1) is 6.92 Å². The van der Waals surface area contributed by atoms with Crippen LogP contribution >= 0.6 is 0 Å². The molecule has 1 aliphatic heterocycles. The molecule has 76 valence electrons. The molecular formula is C10H15N3O. The van der Waals surface area contributed by atoms with Gasteiger partial charge >= 0.3 is 0 Å². The highest BCUT2D eigenvalue weighted by Gasteiger charge is 2.26. The molecule has 0 amide bonds. The third-order valence-electron chi connectivity index (χ3n) is 2.57. The minimum Gasteiger partial charge on any atom is -0.481 e. The Bertz CT molecular complexity index is 351. The summed E-state index contributed by atoms with van der Waals surface area (Å²) in [4.78, 5) is 8.72. The topological polar surface area (TPSA) is 47.0 Å². The van der Waals surface area contributed by atoms with E-state index in [1.807, 2.05) is 6.92 Å². The number of nitrogens with one attached hydrogen (secondary N) is 1. The Morgan fingerprint density at radius 1 is 1.50 bits per heavy atom. The molecule has 0 saturated carbocycles. The first-order valence-corrected chi connectivity index (χ1v) is 4.91. The summed E-state index contributed by atoms with van der Waals surface area (Å²) in [5, 5.41) is 3.39. The predicted octanol–water partition coefficient (Wildman–Crippen LogP) is 1.35. The number of rotatable bonds is 2. The van der Waals surface area contributed by atoms with Crippen LogP contribution < -0.4 is 10.1 Å². The lowest BCUT2D eigenvalue weighted by Gasteiger charge is -2.09. The van der Waals surface area contributed by atoms with Gasteiger partial charge in [-0.2, -0.15) is 4.98 Å². The third-order valence-corrected chi connectivity index (χ3v) is 2.57. The summed E-state index contributed by atoms with van der Waals surface area (Å²) in [6.07, 6.45) is 1.05. The largest absolute Gasteiger partial charge is 0.481 e. The Labute approximate surface area is 83.7 Å². The van der Waals surface area contributed by atoms with E-state index in [9.17, 15) is 0 Å². The van der Waals surface area contributed by atoms with Gasteiger partial charge in [0.15, 0.2) is 0 Å². The molecule has 0 saturated heterocycles. The first kappa shape index (κ1) is 9.40.